The molecule has 0 fully saturated rings. The Morgan fingerprint density at radius 1 is 1.23 bits per heavy atom. The average molecular weight is 220 g/mol. The highest BCUT2D eigenvalue weighted by Gasteiger charge is 2.11. The molecule has 72 valence electrons. The molecular formula is C8H10ClNO2S. The van der Waals surface area contributed by atoms with E-state index in [9.17, 15) is 8.42 Å². The second-order valence-electron chi connectivity index (χ2n) is 2.56. The van der Waals surface area contributed by atoms with Gasteiger partial charge in [0, 0.05) is 11.6 Å². The Labute approximate surface area is 82.4 Å². The van der Waals surface area contributed by atoms with Gasteiger partial charge in [-0.1, -0.05) is 11.6 Å². The molecule has 2 N–H and O–H groups in total. The van der Waals surface area contributed by atoms with Crippen molar-refractivity contribution in [2.45, 2.75) is 4.90 Å². The summed E-state index contributed by atoms with van der Waals surface area (Å²) >= 11 is 5.62. The number of hydrogen-bond acceptors (Lipinski definition) is 3. The van der Waals surface area contributed by atoms with Crippen molar-refractivity contribution in [1.82, 2.24) is 0 Å². The predicted molar refractivity (Wildman–Crippen MR) is 52.6 cm³/mol. The quantitative estimate of drug-likeness (QED) is 0.828. The van der Waals surface area contributed by atoms with Crippen LogP contribution in [0.1, 0.15) is 0 Å². The summed E-state index contributed by atoms with van der Waals surface area (Å²) < 4.78 is 22.8. The van der Waals surface area contributed by atoms with Crippen molar-refractivity contribution in [3.63, 3.8) is 0 Å². The van der Waals surface area contributed by atoms with Crippen molar-refractivity contribution in [3.05, 3.63) is 29.3 Å². The number of hydrogen-bond donors (Lipinski definition) is 1. The first-order chi connectivity index (χ1) is 6.06. The van der Waals surface area contributed by atoms with Crippen LogP contribution in [0, 0.1) is 0 Å². The van der Waals surface area contributed by atoms with Gasteiger partial charge in [-0.3, -0.25) is 0 Å². The Morgan fingerprint density at radius 2 is 1.77 bits per heavy atom. The van der Waals surface area contributed by atoms with Crippen molar-refractivity contribution < 1.29 is 8.42 Å². The number of rotatable bonds is 3. The van der Waals surface area contributed by atoms with Gasteiger partial charge < -0.3 is 5.73 Å². The first-order valence-corrected chi connectivity index (χ1v) is 5.77. The molecule has 5 heteroatoms. The Morgan fingerprint density at radius 3 is 2.23 bits per heavy atom. The summed E-state index contributed by atoms with van der Waals surface area (Å²) in [4.78, 5) is 0.266. The van der Waals surface area contributed by atoms with E-state index >= 15 is 0 Å². The first kappa shape index (κ1) is 10.5. The minimum absolute atomic E-state index is 0.0331. The molecule has 0 radical (unpaired) electrons. The van der Waals surface area contributed by atoms with Gasteiger partial charge in [-0.15, -0.1) is 0 Å². The summed E-state index contributed by atoms with van der Waals surface area (Å²) in [6.07, 6.45) is 0. The maximum atomic E-state index is 11.4. The Balaban J connectivity index is 3.02. The summed E-state index contributed by atoms with van der Waals surface area (Å²) in [7, 11) is -3.21. The number of nitrogens with two attached hydrogens (primary N) is 1. The van der Waals surface area contributed by atoms with Gasteiger partial charge in [-0.25, -0.2) is 8.42 Å². The van der Waals surface area contributed by atoms with Crippen LogP contribution in [0.5, 0.6) is 0 Å². The SMILES string of the molecule is NCCS(=O)(=O)c1ccc(Cl)cc1. The van der Waals surface area contributed by atoms with Gasteiger partial charge in [0.2, 0.25) is 0 Å². The van der Waals surface area contributed by atoms with Gasteiger partial charge in [-0.05, 0) is 24.3 Å². The van der Waals surface area contributed by atoms with Crippen molar-refractivity contribution in [2.24, 2.45) is 5.73 Å². The normalized spacial score (nSPS) is 11.5. The van der Waals surface area contributed by atoms with Gasteiger partial charge in [-0.2, -0.15) is 0 Å². The van der Waals surface area contributed by atoms with Crippen LogP contribution in [-0.4, -0.2) is 20.7 Å². The molecule has 0 aromatic heterocycles. The van der Waals surface area contributed by atoms with Gasteiger partial charge >= 0.3 is 0 Å². The minimum atomic E-state index is -3.21. The second-order valence-corrected chi connectivity index (χ2v) is 5.11. The topological polar surface area (TPSA) is 60.2 Å². The Bertz CT molecular complexity index is 372. The number of halogens is 1. The van der Waals surface area contributed by atoms with Gasteiger partial charge in [0.1, 0.15) is 0 Å². The molecule has 1 aromatic rings. The molecule has 0 bridgehead atoms. The molecule has 0 saturated carbocycles. The van der Waals surface area contributed by atoms with E-state index in [-0.39, 0.29) is 17.2 Å². The summed E-state index contributed by atoms with van der Waals surface area (Å²) in [6.45, 7) is 0.130. The zero-order valence-corrected chi connectivity index (χ0v) is 8.48. The number of sulfone groups is 1. The zero-order valence-electron chi connectivity index (χ0n) is 6.90. The monoisotopic (exact) mass is 219 g/mol. The van der Waals surface area contributed by atoms with E-state index in [1.54, 1.807) is 12.1 Å². The van der Waals surface area contributed by atoms with Gasteiger partial charge in [0.05, 0.1) is 10.6 Å². The van der Waals surface area contributed by atoms with Crippen LogP contribution < -0.4 is 5.73 Å². The molecule has 3 nitrogen and oxygen atoms in total. The third-order valence-electron chi connectivity index (χ3n) is 1.56. The standard InChI is InChI=1S/C8H10ClNO2S/c9-7-1-3-8(4-2-7)13(11,12)6-5-10/h1-4H,5-6,10H2. The summed E-state index contributed by atoms with van der Waals surface area (Å²) in [5.41, 5.74) is 5.18. The smallest absolute Gasteiger partial charge is 0.179 e. The fourth-order valence-electron chi connectivity index (χ4n) is 0.915. The van der Waals surface area contributed by atoms with Gasteiger partial charge in [0.25, 0.3) is 0 Å². The van der Waals surface area contributed by atoms with Crippen LogP contribution >= 0.6 is 11.6 Å². The van der Waals surface area contributed by atoms with Crippen LogP contribution in [0.2, 0.25) is 5.02 Å². The molecule has 0 aliphatic carbocycles. The summed E-state index contributed by atoms with van der Waals surface area (Å²) in [5, 5.41) is 0.520. The molecular weight excluding hydrogens is 210 g/mol. The van der Waals surface area contributed by atoms with E-state index in [4.69, 9.17) is 17.3 Å². The van der Waals surface area contributed by atoms with Crippen LogP contribution in [0.25, 0.3) is 0 Å². The molecule has 1 rings (SSSR count). The first-order valence-electron chi connectivity index (χ1n) is 3.74. The van der Waals surface area contributed by atoms with Crippen LogP contribution in [-0.2, 0) is 9.84 Å². The largest absolute Gasteiger partial charge is 0.329 e. The van der Waals surface area contributed by atoms with Crippen LogP contribution in [0.15, 0.2) is 29.2 Å². The lowest BCUT2D eigenvalue weighted by Gasteiger charge is -2.01. The van der Waals surface area contributed by atoms with Crippen LogP contribution in [0.4, 0.5) is 0 Å². The fraction of sp³-hybridized carbons (Fsp3) is 0.250. The molecule has 1 aromatic carbocycles. The maximum Gasteiger partial charge on any atom is 0.179 e. The highest BCUT2D eigenvalue weighted by atomic mass is 35.5. The van der Waals surface area contributed by atoms with Crippen molar-refractivity contribution in [1.29, 1.82) is 0 Å². The van der Waals surface area contributed by atoms with E-state index in [0.717, 1.165) is 0 Å². The molecule has 0 aliphatic rings. The fourth-order valence-corrected chi connectivity index (χ4v) is 2.14. The third-order valence-corrected chi connectivity index (χ3v) is 3.57. The predicted octanol–water partition coefficient (Wildman–Crippen LogP) is 1.07. The summed E-state index contributed by atoms with van der Waals surface area (Å²) in [6, 6.07) is 6.05. The van der Waals surface area contributed by atoms with Crippen molar-refractivity contribution >= 4 is 21.4 Å². The molecule has 13 heavy (non-hydrogen) atoms. The minimum Gasteiger partial charge on any atom is -0.329 e. The molecule has 0 unspecified atom stereocenters. The highest BCUT2D eigenvalue weighted by molar-refractivity contribution is 7.91. The second kappa shape index (κ2) is 4.09. The molecule has 0 spiro atoms. The van der Waals surface area contributed by atoms with Gasteiger partial charge in [0.15, 0.2) is 9.84 Å². The lowest BCUT2D eigenvalue weighted by molar-refractivity contribution is 0.596. The van der Waals surface area contributed by atoms with Crippen molar-refractivity contribution in [2.75, 3.05) is 12.3 Å². The van der Waals surface area contributed by atoms with Crippen LogP contribution in [0.3, 0.4) is 0 Å². The third kappa shape index (κ3) is 2.69. The molecule has 0 saturated heterocycles. The molecule has 0 amide bonds. The highest BCUT2D eigenvalue weighted by Crippen LogP contribution is 2.14. The Hall–Kier alpha value is -0.580. The zero-order chi connectivity index (χ0) is 9.90. The van der Waals surface area contributed by atoms with E-state index < -0.39 is 9.84 Å². The van der Waals surface area contributed by atoms with E-state index in [1.807, 2.05) is 0 Å². The van der Waals surface area contributed by atoms with E-state index in [1.165, 1.54) is 12.1 Å². The average Bonchev–Trinajstić information content (AvgIpc) is 2.05. The maximum absolute atomic E-state index is 11.4. The lowest BCUT2D eigenvalue weighted by atomic mass is 10.4. The van der Waals surface area contributed by atoms with Crippen molar-refractivity contribution in [3.8, 4) is 0 Å². The lowest BCUT2D eigenvalue weighted by Crippen LogP contribution is -2.15. The molecule has 0 heterocycles. The van der Waals surface area contributed by atoms with E-state index in [2.05, 4.69) is 0 Å². The Kier molecular flexibility index (Phi) is 3.30. The van der Waals surface area contributed by atoms with E-state index in [0.29, 0.717) is 5.02 Å². The molecule has 0 aliphatic heterocycles. The summed E-state index contributed by atoms with van der Waals surface area (Å²) in [5.74, 6) is -0.0331. The number of benzene rings is 1. The molecule has 0 atom stereocenters.